The molecule has 2 rings (SSSR count). The van der Waals surface area contributed by atoms with E-state index in [1.54, 1.807) is 19.1 Å². The van der Waals surface area contributed by atoms with Crippen molar-refractivity contribution < 1.29 is 9.66 Å². The Hall–Kier alpha value is -3.03. The summed E-state index contributed by atoms with van der Waals surface area (Å²) in [6.07, 6.45) is 2.52. The molecule has 0 spiro atoms. The van der Waals surface area contributed by atoms with Crippen molar-refractivity contribution in [1.82, 2.24) is 9.97 Å². The molecule has 8 nitrogen and oxygen atoms in total. The lowest BCUT2D eigenvalue weighted by atomic mass is 10.2. The third-order valence-electron chi connectivity index (χ3n) is 2.50. The number of aryl methyl sites for hydroxylation is 1. The topological polar surface area (TPSA) is 128 Å². The second kappa shape index (κ2) is 5.31. The van der Waals surface area contributed by atoms with E-state index < -0.39 is 4.92 Å². The van der Waals surface area contributed by atoms with Crippen LogP contribution in [0.1, 0.15) is 11.3 Å². The van der Waals surface area contributed by atoms with Crippen LogP contribution in [-0.4, -0.2) is 20.7 Å². The van der Waals surface area contributed by atoms with Gasteiger partial charge in [0.15, 0.2) is 0 Å². The van der Waals surface area contributed by atoms with Crippen molar-refractivity contribution in [2.45, 2.75) is 6.92 Å². The number of ether oxygens (including phenoxy) is 1. The minimum absolute atomic E-state index is 0.0832. The number of benzene rings is 1. The molecule has 0 unspecified atom stereocenters. The molecule has 0 fully saturated rings. The molecule has 20 heavy (non-hydrogen) atoms. The fraction of sp³-hybridized carbons (Fsp3) is 0.0833. The number of hydrogen-bond acceptors (Lipinski definition) is 6. The van der Waals surface area contributed by atoms with Crippen LogP contribution in [0.2, 0.25) is 0 Å². The van der Waals surface area contributed by atoms with Gasteiger partial charge in [0.1, 0.15) is 11.5 Å². The van der Waals surface area contributed by atoms with E-state index in [2.05, 4.69) is 9.97 Å². The number of nitrogens with zero attached hydrogens (tertiary/aromatic N) is 3. The average molecular weight is 273 g/mol. The second-order valence-corrected chi connectivity index (χ2v) is 3.93. The van der Waals surface area contributed by atoms with Gasteiger partial charge >= 0.3 is 5.69 Å². The van der Waals surface area contributed by atoms with Crippen molar-refractivity contribution in [1.29, 1.82) is 5.41 Å². The number of hydrogen-bond donors (Lipinski definition) is 2. The first kappa shape index (κ1) is 13.4. The van der Waals surface area contributed by atoms with Crippen molar-refractivity contribution in [2.75, 3.05) is 0 Å². The van der Waals surface area contributed by atoms with Gasteiger partial charge in [-0.1, -0.05) is 12.1 Å². The molecule has 8 heteroatoms. The molecule has 0 radical (unpaired) electrons. The lowest BCUT2D eigenvalue weighted by Gasteiger charge is -2.06. The van der Waals surface area contributed by atoms with Gasteiger partial charge in [-0.15, -0.1) is 0 Å². The number of aromatic nitrogens is 2. The Bertz CT molecular complexity index is 669. The molecule has 0 aliphatic heterocycles. The fourth-order valence-corrected chi connectivity index (χ4v) is 1.57. The van der Waals surface area contributed by atoms with Crippen LogP contribution in [0, 0.1) is 22.4 Å². The first-order chi connectivity index (χ1) is 9.49. The summed E-state index contributed by atoms with van der Waals surface area (Å²) < 4.78 is 5.36. The largest absolute Gasteiger partial charge is 0.430 e. The third kappa shape index (κ3) is 2.69. The Morgan fingerprint density at radius 2 is 2.15 bits per heavy atom. The highest BCUT2D eigenvalue weighted by atomic mass is 16.6. The lowest BCUT2D eigenvalue weighted by Crippen LogP contribution is -2.13. The van der Waals surface area contributed by atoms with E-state index in [1.165, 1.54) is 18.5 Å². The number of para-hydroxylation sites is 1. The first-order valence-corrected chi connectivity index (χ1v) is 5.57. The minimum Gasteiger partial charge on any atom is -0.430 e. The molecular formula is C12H11N5O3. The molecule has 0 atom stereocenters. The molecule has 0 saturated heterocycles. The highest BCUT2D eigenvalue weighted by Crippen LogP contribution is 2.32. The zero-order valence-electron chi connectivity index (χ0n) is 10.5. The van der Waals surface area contributed by atoms with Crippen molar-refractivity contribution in [3.63, 3.8) is 0 Å². The van der Waals surface area contributed by atoms with E-state index in [1.807, 2.05) is 0 Å². The van der Waals surface area contributed by atoms with Gasteiger partial charge in [-0.3, -0.25) is 15.5 Å². The number of nitro benzene ring substituents is 1. The van der Waals surface area contributed by atoms with E-state index in [-0.39, 0.29) is 28.8 Å². The first-order valence-electron chi connectivity index (χ1n) is 5.57. The van der Waals surface area contributed by atoms with Crippen LogP contribution in [0.15, 0.2) is 30.6 Å². The molecule has 1 aromatic carbocycles. The van der Waals surface area contributed by atoms with E-state index in [9.17, 15) is 10.1 Å². The monoisotopic (exact) mass is 273 g/mol. The number of nitrogen functional groups attached to an aromatic ring is 1. The van der Waals surface area contributed by atoms with Crippen LogP contribution >= 0.6 is 0 Å². The Morgan fingerprint density at radius 3 is 2.70 bits per heavy atom. The molecule has 0 bridgehead atoms. The molecule has 3 N–H and O–H groups in total. The highest BCUT2D eigenvalue weighted by molar-refractivity contribution is 5.92. The average Bonchev–Trinajstić information content (AvgIpc) is 2.39. The molecule has 2 aromatic rings. The van der Waals surface area contributed by atoms with Crippen LogP contribution in [0.3, 0.4) is 0 Å². The number of rotatable bonds is 4. The summed E-state index contributed by atoms with van der Waals surface area (Å²) >= 11 is 0. The molecule has 0 amide bonds. The van der Waals surface area contributed by atoms with Crippen molar-refractivity contribution in [3.05, 3.63) is 52.0 Å². The zero-order chi connectivity index (χ0) is 14.7. The van der Waals surface area contributed by atoms with Crippen LogP contribution in [0.5, 0.6) is 11.6 Å². The van der Waals surface area contributed by atoms with Crippen LogP contribution in [-0.2, 0) is 0 Å². The number of nitrogens with two attached hydrogens (primary N) is 1. The van der Waals surface area contributed by atoms with Crippen molar-refractivity contribution in [2.24, 2.45) is 5.73 Å². The fourth-order valence-electron chi connectivity index (χ4n) is 1.57. The number of nitro groups is 1. The van der Waals surface area contributed by atoms with Crippen LogP contribution in [0.4, 0.5) is 5.69 Å². The van der Waals surface area contributed by atoms with E-state index in [4.69, 9.17) is 15.9 Å². The number of nitrogens with one attached hydrogen (secondary N) is 1. The van der Waals surface area contributed by atoms with Crippen molar-refractivity contribution in [3.8, 4) is 11.6 Å². The zero-order valence-corrected chi connectivity index (χ0v) is 10.5. The summed E-state index contributed by atoms with van der Waals surface area (Å²) in [4.78, 5) is 18.3. The molecule has 0 aliphatic rings. The van der Waals surface area contributed by atoms with Gasteiger partial charge in [-0.25, -0.2) is 9.97 Å². The van der Waals surface area contributed by atoms with Gasteiger partial charge in [-0.05, 0) is 13.0 Å². The molecular weight excluding hydrogens is 262 g/mol. The smallest absolute Gasteiger partial charge is 0.314 e. The Balaban J connectivity index is 2.33. The minimum atomic E-state index is -0.512. The van der Waals surface area contributed by atoms with Gasteiger partial charge in [-0.2, -0.15) is 0 Å². The standard InChI is InChI=1S/C12H11N5O3/c1-7-3-2-4-9(11(7)17(18)19)20-10-6-15-8(5-16-10)12(13)14/h2-6H,1H3,(H3,13,14). The normalized spacial score (nSPS) is 10.1. The van der Waals surface area contributed by atoms with Gasteiger partial charge in [0, 0.05) is 5.56 Å². The Labute approximate surface area is 113 Å². The van der Waals surface area contributed by atoms with Gasteiger partial charge in [0.25, 0.3) is 0 Å². The van der Waals surface area contributed by atoms with E-state index >= 15 is 0 Å². The predicted molar refractivity (Wildman–Crippen MR) is 71.0 cm³/mol. The summed E-state index contributed by atoms with van der Waals surface area (Å²) in [5.74, 6) is -0.0471. The van der Waals surface area contributed by atoms with Crippen LogP contribution in [0.25, 0.3) is 0 Å². The number of amidine groups is 1. The summed E-state index contributed by atoms with van der Waals surface area (Å²) in [5.41, 5.74) is 5.82. The summed E-state index contributed by atoms with van der Waals surface area (Å²) in [6, 6.07) is 4.75. The SMILES string of the molecule is Cc1cccc(Oc2cnc(C(=N)N)cn2)c1[N+](=O)[O-]. The summed E-state index contributed by atoms with van der Waals surface area (Å²) in [7, 11) is 0. The third-order valence-corrected chi connectivity index (χ3v) is 2.50. The highest BCUT2D eigenvalue weighted by Gasteiger charge is 2.19. The molecule has 0 saturated carbocycles. The van der Waals surface area contributed by atoms with E-state index in [0.29, 0.717) is 5.56 Å². The van der Waals surface area contributed by atoms with Gasteiger partial charge < -0.3 is 10.5 Å². The van der Waals surface area contributed by atoms with Crippen molar-refractivity contribution >= 4 is 11.5 Å². The maximum atomic E-state index is 11.0. The predicted octanol–water partition coefficient (Wildman–Crippen LogP) is 1.77. The van der Waals surface area contributed by atoms with E-state index in [0.717, 1.165) is 0 Å². The molecule has 0 aliphatic carbocycles. The maximum absolute atomic E-state index is 11.0. The Morgan fingerprint density at radius 1 is 1.40 bits per heavy atom. The maximum Gasteiger partial charge on any atom is 0.314 e. The summed E-state index contributed by atoms with van der Waals surface area (Å²) in [5, 5.41) is 18.2. The summed E-state index contributed by atoms with van der Waals surface area (Å²) in [6.45, 7) is 1.62. The quantitative estimate of drug-likeness (QED) is 0.378. The lowest BCUT2D eigenvalue weighted by molar-refractivity contribution is -0.386. The Kier molecular flexibility index (Phi) is 3.56. The van der Waals surface area contributed by atoms with Crippen LogP contribution < -0.4 is 10.5 Å². The van der Waals surface area contributed by atoms with Gasteiger partial charge in [0.2, 0.25) is 11.6 Å². The second-order valence-electron chi connectivity index (χ2n) is 3.93. The van der Waals surface area contributed by atoms with Gasteiger partial charge in [0.05, 0.1) is 17.3 Å². The molecule has 1 heterocycles. The molecule has 102 valence electrons. The molecule has 1 aromatic heterocycles.